The van der Waals surface area contributed by atoms with E-state index in [1.54, 1.807) is 0 Å². The molecule has 0 aliphatic heterocycles. The summed E-state index contributed by atoms with van der Waals surface area (Å²) in [6.45, 7) is 7.94. The average Bonchev–Trinajstić information content (AvgIpc) is 2.44. The molecule has 0 heterocycles. The fourth-order valence-corrected chi connectivity index (χ4v) is 1.77. The highest BCUT2D eigenvalue weighted by Gasteiger charge is 2.06. The van der Waals surface area contributed by atoms with Crippen molar-refractivity contribution in [3.05, 3.63) is 48.0 Å². The van der Waals surface area contributed by atoms with E-state index in [0.717, 1.165) is 25.5 Å². The molecule has 0 saturated carbocycles. The van der Waals surface area contributed by atoms with Crippen LogP contribution in [0.4, 0.5) is 0 Å². The highest BCUT2D eigenvalue weighted by atomic mass is 15.2. The second-order valence-corrected chi connectivity index (χ2v) is 4.40. The Morgan fingerprint density at radius 2 is 2.05 bits per heavy atom. The molecule has 0 amide bonds. The van der Waals surface area contributed by atoms with E-state index >= 15 is 0 Å². The molecule has 0 aliphatic carbocycles. The molecule has 0 spiro atoms. The van der Waals surface area contributed by atoms with E-state index in [1.165, 1.54) is 5.56 Å². The van der Waals surface area contributed by atoms with Gasteiger partial charge in [0.25, 0.3) is 0 Å². The first kappa shape index (κ1) is 15.3. The maximum Gasteiger partial charge on any atom is 0.191 e. The van der Waals surface area contributed by atoms with Crippen LogP contribution >= 0.6 is 0 Å². The first-order valence-corrected chi connectivity index (χ1v) is 6.98. The second-order valence-electron chi connectivity index (χ2n) is 4.40. The number of nitrogens with zero attached hydrogens (tertiary/aromatic N) is 1. The van der Waals surface area contributed by atoms with Crippen LogP contribution in [0, 0.1) is 0 Å². The van der Waals surface area contributed by atoms with Gasteiger partial charge in [0.05, 0.1) is 6.04 Å². The van der Waals surface area contributed by atoms with Gasteiger partial charge in [-0.25, -0.2) is 0 Å². The van der Waals surface area contributed by atoms with Gasteiger partial charge < -0.3 is 10.6 Å². The molecule has 1 aromatic carbocycles. The van der Waals surface area contributed by atoms with Crippen LogP contribution in [0.1, 0.15) is 38.8 Å². The van der Waals surface area contributed by atoms with Gasteiger partial charge in [-0.3, -0.25) is 4.99 Å². The van der Waals surface area contributed by atoms with E-state index in [0.29, 0.717) is 0 Å². The number of hydrogen-bond donors (Lipinski definition) is 2. The fraction of sp³-hybridized carbons (Fsp3) is 0.438. The topological polar surface area (TPSA) is 36.4 Å². The molecule has 0 radical (unpaired) electrons. The Balaban J connectivity index is 2.57. The molecule has 3 heteroatoms. The van der Waals surface area contributed by atoms with Crippen molar-refractivity contribution < 1.29 is 0 Å². The lowest BCUT2D eigenvalue weighted by Gasteiger charge is -2.18. The van der Waals surface area contributed by atoms with Crippen molar-refractivity contribution in [1.82, 2.24) is 10.6 Å². The lowest BCUT2D eigenvalue weighted by Crippen LogP contribution is -2.38. The molecule has 1 atom stereocenters. The maximum atomic E-state index is 4.56. The molecule has 0 fully saturated rings. The van der Waals surface area contributed by atoms with Crippen LogP contribution in [-0.4, -0.2) is 19.0 Å². The van der Waals surface area contributed by atoms with Crippen molar-refractivity contribution in [2.75, 3.05) is 13.1 Å². The summed E-state index contributed by atoms with van der Waals surface area (Å²) in [4.78, 5) is 4.56. The lowest BCUT2D eigenvalue weighted by atomic mass is 10.1. The molecule has 1 aromatic rings. The number of allylic oxidation sites excluding steroid dienone is 1. The van der Waals surface area contributed by atoms with Gasteiger partial charge in [0.1, 0.15) is 0 Å². The van der Waals surface area contributed by atoms with Crippen molar-refractivity contribution in [2.45, 2.75) is 33.2 Å². The lowest BCUT2D eigenvalue weighted by molar-refractivity contribution is 0.686. The number of hydrogen-bond acceptors (Lipinski definition) is 1. The second kappa shape index (κ2) is 9.20. The van der Waals surface area contributed by atoms with Crippen molar-refractivity contribution in [3.8, 4) is 0 Å². The first-order valence-electron chi connectivity index (χ1n) is 6.98. The molecular formula is C16H25N3. The van der Waals surface area contributed by atoms with Crippen LogP contribution in [0.5, 0.6) is 0 Å². The SMILES string of the molecule is CC=CCCN=C(NCC)NC(C)c1ccccc1. The first-order chi connectivity index (χ1) is 9.27. The standard InChI is InChI=1S/C16H25N3/c1-4-6-10-13-18-16(17-5-2)19-14(3)15-11-8-7-9-12-15/h4,6-9,11-12,14H,5,10,13H2,1-3H3,(H2,17,18,19). The zero-order valence-corrected chi connectivity index (χ0v) is 12.2. The van der Waals surface area contributed by atoms with Crippen molar-refractivity contribution in [2.24, 2.45) is 4.99 Å². The average molecular weight is 259 g/mol. The van der Waals surface area contributed by atoms with Gasteiger partial charge >= 0.3 is 0 Å². The predicted octanol–water partition coefficient (Wildman–Crippen LogP) is 3.27. The summed E-state index contributed by atoms with van der Waals surface area (Å²) < 4.78 is 0. The fourth-order valence-electron chi connectivity index (χ4n) is 1.77. The van der Waals surface area contributed by atoms with Crippen LogP contribution in [0.2, 0.25) is 0 Å². The Kier molecular flexibility index (Phi) is 7.40. The molecule has 0 bridgehead atoms. The minimum absolute atomic E-state index is 0.251. The summed E-state index contributed by atoms with van der Waals surface area (Å²) in [5, 5.41) is 6.70. The van der Waals surface area contributed by atoms with Crippen molar-refractivity contribution >= 4 is 5.96 Å². The Labute approximate surface area is 116 Å². The van der Waals surface area contributed by atoms with Gasteiger partial charge in [-0.1, -0.05) is 42.5 Å². The van der Waals surface area contributed by atoms with Crippen LogP contribution in [0.3, 0.4) is 0 Å². The monoisotopic (exact) mass is 259 g/mol. The summed E-state index contributed by atoms with van der Waals surface area (Å²) in [5.41, 5.74) is 1.27. The van der Waals surface area contributed by atoms with Crippen LogP contribution in [0.25, 0.3) is 0 Å². The quantitative estimate of drug-likeness (QED) is 0.356. The maximum absolute atomic E-state index is 4.56. The zero-order chi connectivity index (χ0) is 13.9. The Morgan fingerprint density at radius 3 is 2.68 bits per heavy atom. The third kappa shape index (κ3) is 6.09. The minimum atomic E-state index is 0.251. The van der Waals surface area contributed by atoms with Crippen LogP contribution in [-0.2, 0) is 0 Å². The van der Waals surface area contributed by atoms with E-state index < -0.39 is 0 Å². The van der Waals surface area contributed by atoms with Crippen molar-refractivity contribution in [3.63, 3.8) is 0 Å². The van der Waals surface area contributed by atoms with E-state index in [-0.39, 0.29) is 6.04 Å². The van der Waals surface area contributed by atoms with Crippen LogP contribution < -0.4 is 10.6 Å². The summed E-state index contributed by atoms with van der Waals surface area (Å²) in [6, 6.07) is 10.7. The smallest absolute Gasteiger partial charge is 0.191 e. The van der Waals surface area contributed by atoms with Gasteiger partial charge in [-0.2, -0.15) is 0 Å². The molecule has 0 saturated heterocycles. The molecule has 0 aliphatic rings. The summed E-state index contributed by atoms with van der Waals surface area (Å²) >= 11 is 0. The van der Waals surface area contributed by atoms with E-state index in [4.69, 9.17) is 0 Å². The van der Waals surface area contributed by atoms with Crippen LogP contribution in [0.15, 0.2) is 47.5 Å². The third-order valence-corrected chi connectivity index (χ3v) is 2.80. The molecule has 104 valence electrons. The number of nitrogens with one attached hydrogen (secondary N) is 2. The number of benzene rings is 1. The number of guanidine groups is 1. The molecule has 1 rings (SSSR count). The minimum Gasteiger partial charge on any atom is -0.357 e. The van der Waals surface area contributed by atoms with Gasteiger partial charge in [0.15, 0.2) is 5.96 Å². The molecular weight excluding hydrogens is 234 g/mol. The number of rotatable bonds is 6. The zero-order valence-electron chi connectivity index (χ0n) is 12.2. The largest absolute Gasteiger partial charge is 0.357 e. The molecule has 0 aromatic heterocycles. The van der Waals surface area contributed by atoms with E-state index in [9.17, 15) is 0 Å². The molecule has 3 nitrogen and oxygen atoms in total. The summed E-state index contributed by atoms with van der Waals surface area (Å²) in [6.07, 6.45) is 5.17. The Bertz CT molecular complexity index is 396. The van der Waals surface area contributed by atoms with E-state index in [1.807, 2.05) is 13.0 Å². The highest BCUT2D eigenvalue weighted by molar-refractivity contribution is 5.80. The number of aliphatic imine (C=N–C) groups is 1. The van der Waals surface area contributed by atoms with Gasteiger partial charge in [0.2, 0.25) is 0 Å². The highest BCUT2D eigenvalue weighted by Crippen LogP contribution is 2.10. The van der Waals surface area contributed by atoms with Gasteiger partial charge in [-0.15, -0.1) is 0 Å². The predicted molar refractivity (Wildman–Crippen MR) is 83.4 cm³/mol. The van der Waals surface area contributed by atoms with E-state index in [2.05, 4.69) is 65.9 Å². The van der Waals surface area contributed by atoms with Crippen molar-refractivity contribution in [1.29, 1.82) is 0 Å². The van der Waals surface area contributed by atoms with Gasteiger partial charge in [-0.05, 0) is 32.8 Å². The molecule has 2 N–H and O–H groups in total. The third-order valence-electron chi connectivity index (χ3n) is 2.80. The Morgan fingerprint density at radius 1 is 1.32 bits per heavy atom. The van der Waals surface area contributed by atoms with Gasteiger partial charge in [0, 0.05) is 13.1 Å². The normalized spacial score (nSPS) is 13.5. The Hall–Kier alpha value is -1.77. The summed E-state index contributed by atoms with van der Waals surface area (Å²) in [5.74, 6) is 0.878. The molecule has 19 heavy (non-hydrogen) atoms. The molecule has 1 unspecified atom stereocenters. The summed E-state index contributed by atoms with van der Waals surface area (Å²) in [7, 11) is 0.